The normalized spacial score (nSPS) is 18.7. The van der Waals surface area contributed by atoms with Gasteiger partial charge in [-0.05, 0) is 57.7 Å². The summed E-state index contributed by atoms with van der Waals surface area (Å²) >= 11 is 0. The number of non-ortho nitro benzene ring substituents is 1. The van der Waals surface area contributed by atoms with Crippen molar-refractivity contribution in [1.29, 1.82) is 5.26 Å². The highest BCUT2D eigenvalue weighted by Crippen LogP contribution is 2.31. The van der Waals surface area contributed by atoms with E-state index in [0.29, 0.717) is 31.4 Å². The van der Waals surface area contributed by atoms with Crippen molar-refractivity contribution in [3.8, 4) is 6.07 Å². The van der Waals surface area contributed by atoms with E-state index in [1.807, 2.05) is 27.7 Å². The lowest BCUT2D eigenvalue weighted by Gasteiger charge is -2.41. The first kappa shape index (κ1) is 47.0. The van der Waals surface area contributed by atoms with Crippen molar-refractivity contribution in [1.82, 2.24) is 24.9 Å². The highest BCUT2D eigenvalue weighted by molar-refractivity contribution is 5.90. The predicted molar refractivity (Wildman–Crippen MR) is 210 cm³/mol. The Balaban J connectivity index is 2.30. The van der Waals surface area contributed by atoms with Crippen LogP contribution in [-0.4, -0.2) is 140 Å². The fraction of sp³-hybridized carbons (Fsp3) is 0.725. The zero-order valence-corrected chi connectivity index (χ0v) is 35.0. The lowest BCUT2D eigenvalue weighted by atomic mass is 9.89. The van der Waals surface area contributed by atoms with Gasteiger partial charge < -0.3 is 29.5 Å². The Morgan fingerprint density at radius 1 is 1.04 bits per heavy atom. The molecule has 2 rings (SSSR count). The van der Waals surface area contributed by atoms with Gasteiger partial charge in [0.25, 0.3) is 5.69 Å². The Morgan fingerprint density at radius 2 is 1.69 bits per heavy atom. The number of hydrogen-bond donors (Lipinski definition) is 1. The van der Waals surface area contributed by atoms with Gasteiger partial charge in [-0.25, -0.2) is 0 Å². The molecule has 1 N–H and O–H groups in total. The first-order valence-electron chi connectivity index (χ1n) is 19.3. The molecule has 1 aliphatic heterocycles. The number of nitro groups is 1. The van der Waals surface area contributed by atoms with Crippen molar-refractivity contribution in [2.45, 2.75) is 122 Å². The van der Waals surface area contributed by atoms with Crippen molar-refractivity contribution >= 4 is 29.3 Å². The maximum absolute atomic E-state index is 14.2. The molecule has 0 aliphatic carbocycles. The number of methoxy groups -OCH3 is 2. The van der Waals surface area contributed by atoms with Crippen LogP contribution in [0.4, 0.5) is 5.69 Å². The number of hydrogen-bond acceptors (Lipinski definition) is 10. The minimum atomic E-state index is -0.777. The maximum Gasteiger partial charge on any atom is 0.269 e. The molecule has 4 amide bonds. The molecule has 0 aromatic heterocycles. The van der Waals surface area contributed by atoms with E-state index in [9.17, 15) is 34.6 Å². The van der Waals surface area contributed by atoms with E-state index in [4.69, 9.17) is 9.47 Å². The zero-order chi connectivity index (χ0) is 41.7. The third kappa shape index (κ3) is 12.2. The quantitative estimate of drug-likeness (QED) is 0.142. The number of nitriles is 1. The number of amides is 4. The van der Waals surface area contributed by atoms with Crippen molar-refractivity contribution < 1.29 is 33.6 Å². The highest BCUT2D eigenvalue weighted by atomic mass is 16.6. The van der Waals surface area contributed by atoms with Crippen LogP contribution in [0.1, 0.15) is 79.2 Å². The molecule has 1 saturated heterocycles. The molecule has 1 heterocycles. The monoisotopic (exact) mass is 771 g/mol. The molecule has 308 valence electrons. The number of likely N-dealkylation sites (N-methyl/N-ethyl adjacent to an activating group) is 3. The van der Waals surface area contributed by atoms with Crippen LogP contribution < -0.4 is 5.32 Å². The summed E-state index contributed by atoms with van der Waals surface area (Å²) in [5, 5.41) is 23.9. The van der Waals surface area contributed by atoms with Crippen LogP contribution in [0, 0.1) is 39.2 Å². The molecule has 0 saturated carbocycles. The summed E-state index contributed by atoms with van der Waals surface area (Å²) in [6.45, 7) is 11.8. The Labute approximate surface area is 327 Å². The number of benzene rings is 1. The second kappa shape index (κ2) is 21.8. The number of nitrogens with one attached hydrogen (secondary N) is 1. The van der Waals surface area contributed by atoms with Crippen molar-refractivity contribution in [2.75, 3.05) is 49.0 Å². The summed E-state index contributed by atoms with van der Waals surface area (Å²) in [6.07, 6.45) is 0.993. The SMILES string of the molecule is CC[C@H](C)[C@@H]([C@@H](CC(=O)N1CCC[C@H]1[C@H](OC)[C@@H](C)C(=O)N(C)[C@H](CC#N)Cc1cccc([N+](=O)[O-])c1)OC)N(C)C(=O)[C@@H](NC(=O)[C@H](C)N(C)C)C(C)C. The van der Waals surface area contributed by atoms with Gasteiger partial charge >= 0.3 is 0 Å². The first-order valence-corrected chi connectivity index (χ1v) is 19.3. The van der Waals surface area contributed by atoms with E-state index in [2.05, 4.69) is 11.4 Å². The number of nitro benzene ring substituents is 1. The standard InChI is InChI=1S/C40H65N7O8/c1-13-26(4)36(45(10)40(51)35(25(2)3)42-38(49)28(6)43(7)8)33(54-11)24-34(48)46-21-15-18-32(46)37(55-12)27(5)39(50)44(9)30(19-20-41)22-29-16-14-17-31(23-29)47(52)53/h14,16-17,23,25-28,30,32-33,35-37H,13,15,18-19,21-22,24H2,1-12H3,(H,42,49)/t26-,27+,28-,30+,32-,33+,35-,36-,37+/m0/s1. The number of nitrogens with zero attached hydrogens (tertiary/aromatic N) is 6. The summed E-state index contributed by atoms with van der Waals surface area (Å²) in [6, 6.07) is 5.66. The summed E-state index contributed by atoms with van der Waals surface area (Å²) in [5.74, 6) is -1.89. The first-order chi connectivity index (χ1) is 25.9. The minimum absolute atomic E-state index is 0.0118. The summed E-state index contributed by atoms with van der Waals surface area (Å²) < 4.78 is 12.0. The zero-order valence-electron chi connectivity index (χ0n) is 35.0. The number of likely N-dealkylation sites (tertiary alicyclic amines) is 1. The number of ether oxygens (including phenoxy) is 2. The van der Waals surface area contributed by atoms with E-state index >= 15 is 0 Å². The molecule has 0 unspecified atom stereocenters. The highest BCUT2D eigenvalue weighted by Gasteiger charge is 2.43. The number of carbonyl (C=O) groups excluding carboxylic acids is 4. The minimum Gasteiger partial charge on any atom is -0.379 e. The summed E-state index contributed by atoms with van der Waals surface area (Å²) in [7, 11) is 9.98. The number of carbonyl (C=O) groups is 4. The van der Waals surface area contributed by atoms with Crippen LogP contribution in [0.5, 0.6) is 0 Å². The van der Waals surface area contributed by atoms with E-state index in [-0.39, 0.29) is 60.4 Å². The lowest BCUT2D eigenvalue weighted by Crippen LogP contribution is -2.59. The van der Waals surface area contributed by atoms with Gasteiger partial charge in [-0.2, -0.15) is 5.26 Å². The van der Waals surface area contributed by atoms with Crippen molar-refractivity contribution in [3.05, 3.63) is 39.9 Å². The van der Waals surface area contributed by atoms with E-state index in [0.717, 1.165) is 0 Å². The fourth-order valence-corrected chi connectivity index (χ4v) is 7.56. The molecular weight excluding hydrogens is 706 g/mol. The molecule has 0 radical (unpaired) electrons. The smallest absolute Gasteiger partial charge is 0.269 e. The Bertz CT molecular complexity index is 1500. The maximum atomic E-state index is 14.2. The van der Waals surface area contributed by atoms with Gasteiger partial charge in [0.15, 0.2) is 0 Å². The second-order valence-electron chi connectivity index (χ2n) is 15.6. The molecule has 15 nitrogen and oxygen atoms in total. The third-order valence-electron chi connectivity index (χ3n) is 11.4. The Kier molecular flexibility index (Phi) is 18.7. The van der Waals surface area contributed by atoms with Crippen LogP contribution in [0.25, 0.3) is 0 Å². The van der Waals surface area contributed by atoms with Crippen LogP contribution >= 0.6 is 0 Å². The van der Waals surface area contributed by atoms with Crippen LogP contribution in [0.3, 0.4) is 0 Å². The molecule has 0 bridgehead atoms. The largest absolute Gasteiger partial charge is 0.379 e. The molecule has 55 heavy (non-hydrogen) atoms. The van der Waals surface area contributed by atoms with Gasteiger partial charge in [-0.1, -0.05) is 53.2 Å². The van der Waals surface area contributed by atoms with E-state index < -0.39 is 53.3 Å². The number of rotatable bonds is 21. The Hall–Kier alpha value is -4.13. The molecule has 1 aliphatic rings. The molecule has 1 aromatic carbocycles. The predicted octanol–water partition coefficient (Wildman–Crippen LogP) is 3.89. The van der Waals surface area contributed by atoms with Gasteiger partial charge in [-0.15, -0.1) is 0 Å². The average Bonchev–Trinajstić information content (AvgIpc) is 3.64. The van der Waals surface area contributed by atoms with Gasteiger partial charge in [0.1, 0.15) is 6.04 Å². The van der Waals surface area contributed by atoms with Crippen molar-refractivity contribution in [2.24, 2.45) is 17.8 Å². The van der Waals surface area contributed by atoms with E-state index in [1.165, 1.54) is 31.3 Å². The van der Waals surface area contributed by atoms with Crippen LogP contribution in [0.2, 0.25) is 0 Å². The molecule has 9 atom stereocenters. The van der Waals surface area contributed by atoms with Crippen LogP contribution in [-0.2, 0) is 35.1 Å². The van der Waals surface area contributed by atoms with Gasteiger partial charge in [0.05, 0.1) is 60.1 Å². The Morgan fingerprint density at radius 3 is 2.22 bits per heavy atom. The van der Waals surface area contributed by atoms with Gasteiger partial charge in [0, 0.05) is 53.0 Å². The lowest BCUT2D eigenvalue weighted by molar-refractivity contribution is -0.384. The molecule has 15 heteroatoms. The second-order valence-corrected chi connectivity index (χ2v) is 15.6. The molecular formula is C40H65N7O8. The topological polar surface area (TPSA) is 179 Å². The molecule has 1 fully saturated rings. The average molecular weight is 772 g/mol. The van der Waals surface area contributed by atoms with Crippen LogP contribution in [0.15, 0.2) is 24.3 Å². The fourth-order valence-electron chi connectivity index (χ4n) is 7.56. The summed E-state index contributed by atoms with van der Waals surface area (Å²) in [4.78, 5) is 72.9. The third-order valence-corrected chi connectivity index (χ3v) is 11.4. The summed E-state index contributed by atoms with van der Waals surface area (Å²) in [5.41, 5.74) is 0.570. The molecule has 0 spiro atoms. The van der Waals surface area contributed by atoms with Crippen molar-refractivity contribution in [3.63, 3.8) is 0 Å². The van der Waals surface area contributed by atoms with Gasteiger partial charge in [0.2, 0.25) is 23.6 Å². The molecule has 1 aromatic rings. The van der Waals surface area contributed by atoms with Gasteiger partial charge in [-0.3, -0.25) is 34.2 Å². The van der Waals surface area contributed by atoms with E-state index in [1.54, 1.807) is 68.9 Å².